The molecule has 0 bridgehead atoms. The molecule has 0 unspecified atom stereocenters. The van der Waals surface area contributed by atoms with Crippen LogP contribution in [-0.2, 0) is 0 Å². The Morgan fingerprint density at radius 1 is 1.16 bits per heavy atom. The van der Waals surface area contributed by atoms with Crippen molar-refractivity contribution in [3.63, 3.8) is 0 Å². The summed E-state index contributed by atoms with van der Waals surface area (Å²) in [7, 11) is 0. The monoisotopic (exact) mass is 319 g/mol. The molecule has 1 aromatic carbocycles. The van der Waals surface area contributed by atoms with E-state index < -0.39 is 0 Å². The molecule has 2 N–H and O–H groups in total. The number of rotatable bonds is 5. The molecule has 19 heavy (non-hydrogen) atoms. The lowest BCUT2D eigenvalue weighted by Gasteiger charge is -2.09. The number of benzene rings is 1. The quantitative estimate of drug-likeness (QED) is 0.837. The van der Waals surface area contributed by atoms with Crippen molar-refractivity contribution in [3.8, 4) is 0 Å². The number of aromatic nitrogens is 1. The van der Waals surface area contributed by atoms with Gasteiger partial charge < -0.3 is 10.6 Å². The van der Waals surface area contributed by atoms with Gasteiger partial charge in [0.2, 0.25) is 0 Å². The van der Waals surface area contributed by atoms with E-state index in [9.17, 15) is 0 Å². The lowest BCUT2D eigenvalue weighted by Crippen LogP contribution is -2.03. The Balaban J connectivity index is 2.13. The van der Waals surface area contributed by atoms with Crippen LogP contribution in [0.1, 0.15) is 18.9 Å². The average Bonchev–Trinajstić information content (AvgIpc) is 2.35. The second kappa shape index (κ2) is 6.57. The summed E-state index contributed by atoms with van der Waals surface area (Å²) in [5.74, 6) is 1.75. The van der Waals surface area contributed by atoms with Crippen LogP contribution in [0.25, 0.3) is 0 Å². The molecule has 4 heteroatoms. The largest absolute Gasteiger partial charge is 0.370 e. The van der Waals surface area contributed by atoms with Gasteiger partial charge in [-0.25, -0.2) is 4.98 Å². The molecular formula is C15H18BrN3. The summed E-state index contributed by atoms with van der Waals surface area (Å²) >= 11 is 3.50. The van der Waals surface area contributed by atoms with Gasteiger partial charge in [-0.15, -0.1) is 0 Å². The Morgan fingerprint density at radius 2 is 1.95 bits per heavy atom. The van der Waals surface area contributed by atoms with Gasteiger partial charge in [0.05, 0.1) is 0 Å². The van der Waals surface area contributed by atoms with Crippen LogP contribution in [0.4, 0.5) is 17.3 Å². The zero-order valence-electron chi connectivity index (χ0n) is 11.2. The highest BCUT2D eigenvalue weighted by Gasteiger charge is 2.00. The summed E-state index contributed by atoms with van der Waals surface area (Å²) in [6.45, 7) is 5.15. The number of nitrogens with one attached hydrogen (secondary N) is 2. The second-order valence-electron chi connectivity index (χ2n) is 4.48. The number of aryl methyl sites for hydroxylation is 1. The third-order valence-electron chi connectivity index (χ3n) is 2.62. The van der Waals surface area contributed by atoms with Gasteiger partial charge in [-0.2, -0.15) is 0 Å². The van der Waals surface area contributed by atoms with Crippen LogP contribution in [0.15, 0.2) is 40.9 Å². The van der Waals surface area contributed by atoms with Gasteiger partial charge in [0.25, 0.3) is 0 Å². The van der Waals surface area contributed by atoms with Crippen LogP contribution in [0, 0.1) is 6.92 Å². The normalized spacial score (nSPS) is 10.3. The van der Waals surface area contributed by atoms with Crippen molar-refractivity contribution >= 4 is 33.3 Å². The predicted molar refractivity (Wildman–Crippen MR) is 85.2 cm³/mol. The molecule has 100 valence electrons. The van der Waals surface area contributed by atoms with E-state index in [0.717, 1.165) is 34.8 Å². The van der Waals surface area contributed by atoms with Crippen molar-refractivity contribution in [1.29, 1.82) is 0 Å². The molecule has 0 radical (unpaired) electrons. The van der Waals surface area contributed by atoms with Gasteiger partial charge in [-0.05, 0) is 49.2 Å². The summed E-state index contributed by atoms with van der Waals surface area (Å²) in [4.78, 5) is 4.53. The minimum atomic E-state index is 0.846. The highest BCUT2D eigenvalue weighted by molar-refractivity contribution is 9.10. The summed E-state index contributed by atoms with van der Waals surface area (Å²) in [6, 6.07) is 12.2. The fraction of sp³-hybridized carbons (Fsp3) is 0.267. The first kappa shape index (κ1) is 13.9. The van der Waals surface area contributed by atoms with E-state index in [2.05, 4.69) is 57.5 Å². The lowest BCUT2D eigenvalue weighted by molar-refractivity contribution is 0.970. The van der Waals surface area contributed by atoms with E-state index in [1.165, 1.54) is 5.56 Å². The first-order chi connectivity index (χ1) is 9.17. The van der Waals surface area contributed by atoms with Gasteiger partial charge in [0.15, 0.2) is 0 Å². The molecule has 0 aliphatic carbocycles. The third-order valence-corrected chi connectivity index (χ3v) is 3.08. The molecule has 0 aliphatic heterocycles. The van der Waals surface area contributed by atoms with Gasteiger partial charge >= 0.3 is 0 Å². The Kier molecular flexibility index (Phi) is 4.80. The second-order valence-corrected chi connectivity index (χ2v) is 5.39. The van der Waals surface area contributed by atoms with Crippen LogP contribution in [0.2, 0.25) is 0 Å². The third kappa shape index (κ3) is 4.24. The van der Waals surface area contributed by atoms with E-state index in [1.54, 1.807) is 0 Å². The fourth-order valence-electron chi connectivity index (χ4n) is 1.81. The van der Waals surface area contributed by atoms with Gasteiger partial charge in [-0.1, -0.05) is 28.9 Å². The number of nitrogens with zero attached hydrogens (tertiary/aromatic N) is 1. The molecule has 0 saturated heterocycles. The first-order valence-electron chi connectivity index (χ1n) is 6.42. The zero-order valence-corrected chi connectivity index (χ0v) is 12.8. The van der Waals surface area contributed by atoms with Crippen molar-refractivity contribution in [2.24, 2.45) is 0 Å². The van der Waals surface area contributed by atoms with Gasteiger partial charge in [0, 0.05) is 16.7 Å². The van der Waals surface area contributed by atoms with Crippen LogP contribution in [-0.4, -0.2) is 11.5 Å². The van der Waals surface area contributed by atoms with Crippen molar-refractivity contribution < 1.29 is 0 Å². The van der Waals surface area contributed by atoms with E-state index in [1.807, 2.05) is 24.3 Å². The van der Waals surface area contributed by atoms with Crippen LogP contribution in [0.5, 0.6) is 0 Å². The van der Waals surface area contributed by atoms with E-state index in [4.69, 9.17) is 0 Å². The highest BCUT2D eigenvalue weighted by atomic mass is 79.9. The Hall–Kier alpha value is -1.55. The standard InChI is InChI=1S/C15H18BrN3/c1-3-7-17-14-5-4-6-15(19-14)18-13-9-11(2)8-12(16)10-13/h4-6,8-10H,3,7H2,1-2H3,(H2,17,18,19). The first-order valence-corrected chi connectivity index (χ1v) is 7.22. The SMILES string of the molecule is CCCNc1cccc(Nc2cc(C)cc(Br)c2)n1. The maximum Gasteiger partial charge on any atom is 0.132 e. The molecule has 0 saturated carbocycles. The molecular weight excluding hydrogens is 302 g/mol. The minimum Gasteiger partial charge on any atom is -0.370 e. The maximum atomic E-state index is 4.53. The summed E-state index contributed by atoms with van der Waals surface area (Å²) in [5, 5.41) is 6.60. The van der Waals surface area contributed by atoms with Crippen molar-refractivity contribution in [2.45, 2.75) is 20.3 Å². The molecule has 0 atom stereocenters. The van der Waals surface area contributed by atoms with Crippen LogP contribution >= 0.6 is 15.9 Å². The maximum absolute atomic E-state index is 4.53. The average molecular weight is 320 g/mol. The smallest absolute Gasteiger partial charge is 0.132 e. The molecule has 3 nitrogen and oxygen atoms in total. The number of anilines is 3. The summed E-state index contributed by atoms with van der Waals surface area (Å²) in [5.41, 5.74) is 2.24. The van der Waals surface area contributed by atoms with Crippen LogP contribution < -0.4 is 10.6 Å². The van der Waals surface area contributed by atoms with Gasteiger partial charge in [-0.3, -0.25) is 0 Å². The Bertz CT molecular complexity index is 535. The van der Waals surface area contributed by atoms with Crippen molar-refractivity contribution in [1.82, 2.24) is 4.98 Å². The molecule has 1 aromatic heterocycles. The van der Waals surface area contributed by atoms with E-state index in [-0.39, 0.29) is 0 Å². The highest BCUT2D eigenvalue weighted by Crippen LogP contribution is 2.22. The number of pyridine rings is 1. The summed E-state index contributed by atoms with van der Waals surface area (Å²) < 4.78 is 1.07. The lowest BCUT2D eigenvalue weighted by atomic mass is 10.2. The molecule has 0 amide bonds. The van der Waals surface area contributed by atoms with Crippen molar-refractivity contribution in [2.75, 3.05) is 17.2 Å². The van der Waals surface area contributed by atoms with Crippen molar-refractivity contribution in [3.05, 3.63) is 46.4 Å². The molecule has 0 spiro atoms. The summed E-state index contributed by atoms with van der Waals surface area (Å²) in [6.07, 6.45) is 1.09. The molecule has 1 heterocycles. The Morgan fingerprint density at radius 3 is 2.68 bits per heavy atom. The number of halogens is 1. The zero-order chi connectivity index (χ0) is 13.7. The number of hydrogen-bond acceptors (Lipinski definition) is 3. The molecule has 0 aliphatic rings. The van der Waals surface area contributed by atoms with E-state index >= 15 is 0 Å². The topological polar surface area (TPSA) is 37.0 Å². The minimum absolute atomic E-state index is 0.846. The predicted octanol–water partition coefficient (Wildman–Crippen LogP) is 4.72. The van der Waals surface area contributed by atoms with Gasteiger partial charge in [0.1, 0.15) is 11.6 Å². The molecule has 2 aromatic rings. The molecule has 0 fully saturated rings. The number of hydrogen-bond donors (Lipinski definition) is 2. The molecule has 2 rings (SSSR count). The van der Waals surface area contributed by atoms with Crippen LogP contribution in [0.3, 0.4) is 0 Å². The fourth-order valence-corrected chi connectivity index (χ4v) is 2.42. The Labute approximate surface area is 122 Å². The van der Waals surface area contributed by atoms with E-state index in [0.29, 0.717) is 0 Å².